The van der Waals surface area contributed by atoms with Gasteiger partial charge in [-0.25, -0.2) is 0 Å². The van der Waals surface area contributed by atoms with Gasteiger partial charge in [-0.2, -0.15) is 0 Å². The average molecular weight is 323 g/mol. The summed E-state index contributed by atoms with van der Waals surface area (Å²) >= 11 is 0. The summed E-state index contributed by atoms with van der Waals surface area (Å²) in [6.07, 6.45) is 4.84. The first-order valence-electron chi connectivity index (χ1n) is 8.11. The zero-order valence-electron chi connectivity index (χ0n) is 14.0. The number of anilines is 1. The lowest BCUT2D eigenvalue weighted by Gasteiger charge is -2.07. The number of hydrogen-bond donors (Lipinski definition) is 1. The van der Waals surface area contributed by atoms with Gasteiger partial charge in [0.1, 0.15) is 0 Å². The van der Waals surface area contributed by atoms with Gasteiger partial charge >= 0.3 is 0 Å². The van der Waals surface area contributed by atoms with Crippen LogP contribution in [0.3, 0.4) is 0 Å². The highest BCUT2D eigenvalue weighted by atomic mass is 16.1. The number of para-hydroxylation sites is 1. The van der Waals surface area contributed by atoms with Gasteiger partial charge in [-0.1, -0.05) is 18.2 Å². The van der Waals surface area contributed by atoms with Crippen LogP contribution in [0.2, 0.25) is 0 Å². The number of fused-ring (bicyclic) bond motifs is 1. The maximum atomic E-state index is 12.2. The lowest BCUT2D eigenvalue weighted by Crippen LogP contribution is -2.19. The summed E-state index contributed by atoms with van der Waals surface area (Å²) in [5.74, 6) is -0.0516. The molecule has 0 aliphatic heterocycles. The average Bonchev–Trinajstić information content (AvgIpc) is 2.91. The second-order valence-corrected chi connectivity index (χ2v) is 5.87. The smallest absolute Gasteiger partial charge is 0.250 e. The predicted octanol–water partition coefficient (Wildman–Crippen LogP) is 2.93. The van der Waals surface area contributed by atoms with Gasteiger partial charge in [0.05, 0.1) is 5.69 Å². The number of nitrogens with one attached hydrogen (secondary N) is 1. The Labute approximate surface area is 140 Å². The Hall–Kier alpha value is -2.82. The fourth-order valence-corrected chi connectivity index (χ4v) is 2.95. The van der Waals surface area contributed by atoms with Crippen LogP contribution in [0.15, 0.2) is 53.6 Å². The number of carbonyl (C=O) groups excluding carboxylic acids is 1. The third-order valence-electron chi connectivity index (χ3n) is 4.21. The molecule has 24 heavy (non-hydrogen) atoms. The molecule has 0 saturated carbocycles. The molecule has 5 nitrogen and oxygen atoms in total. The van der Waals surface area contributed by atoms with Gasteiger partial charge in [-0.05, 0) is 31.0 Å². The third kappa shape index (κ3) is 3.25. The van der Waals surface area contributed by atoms with E-state index < -0.39 is 0 Å². The third-order valence-corrected chi connectivity index (χ3v) is 4.21. The molecule has 3 rings (SSSR count). The minimum Gasteiger partial charge on any atom is -0.350 e. The predicted molar refractivity (Wildman–Crippen MR) is 96.2 cm³/mol. The fourth-order valence-electron chi connectivity index (χ4n) is 2.95. The molecule has 2 heterocycles. The number of nitrogens with zero attached hydrogens (tertiary/aromatic N) is 2. The molecule has 3 aromatic rings. The molecule has 0 spiro atoms. The van der Waals surface area contributed by atoms with Crippen molar-refractivity contribution < 1.29 is 4.79 Å². The van der Waals surface area contributed by atoms with Gasteiger partial charge in [0.25, 0.3) is 5.56 Å². The van der Waals surface area contributed by atoms with E-state index in [4.69, 9.17) is 0 Å². The number of hydrogen-bond acceptors (Lipinski definition) is 2. The van der Waals surface area contributed by atoms with Gasteiger partial charge < -0.3 is 14.5 Å². The van der Waals surface area contributed by atoms with Gasteiger partial charge in [0.2, 0.25) is 5.91 Å². The van der Waals surface area contributed by atoms with Crippen molar-refractivity contribution in [1.29, 1.82) is 0 Å². The number of aryl methyl sites for hydroxylation is 3. The van der Waals surface area contributed by atoms with E-state index >= 15 is 0 Å². The van der Waals surface area contributed by atoms with Crippen molar-refractivity contribution in [2.45, 2.75) is 26.3 Å². The van der Waals surface area contributed by atoms with Crippen molar-refractivity contribution >= 4 is 22.5 Å². The van der Waals surface area contributed by atoms with Crippen LogP contribution >= 0.6 is 0 Å². The molecule has 2 aromatic heterocycles. The molecule has 124 valence electrons. The highest BCUT2D eigenvalue weighted by Crippen LogP contribution is 2.21. The zero-order chi connectivity index (χ0) is 17.1. The molecule has 0 aliphatic carbocycles. The summed E-state index contributed by atoms with van der Waals surface area (Å²) in [6, 6.07) is 11.3. The zero-order valence-corrected chi connectivity index (χ0v) is 14.0. The minimum absolute atomic E-state index is 0.0516. The first kappa shape index (κ1) is 16.1. The minimum atomic E-state index is -0.0637. The number of pyridine rings is 1. The van der Waals surface area contributed by atoms with Crippen LogP contribution in [0.4, 0.5) is 5.69 Å². The quantitative estimate of drug-likeness (QED) is 0.785. The van der Waals surface area contributed by atoms with Gasteiger partial charge in [0.15, 0.2) is 0 Å². The number of rotatable bonds is 5. The van der Waals surface area contributed by atoms with Crippen molar-refractivity contribution in [3.63, 3.8) is 0 Å². The lowest BCUT2D eigenvalue weighted by atomic mass is 10.1. The molecular formula is C19H21N3O2. The summed E-state index contributed by atoms with van der Waals surface area (Å²) in [7, 11) is 2.01. The van der Waals surface area contributed by atoms with Crippen LogP contribution in [-0.2, 0) is 24.8 Å². The Morgan fingerprint density at radius 3 is 2.71 bits per heavy atom. The van der Waals surface area contributed by atoms with Gasteiger partial charge in [-0.15, -0.1) is 0 Å². The van der Waals surface area contributed by atoms with Crippen molar-refractivity contribution in [2.75, 3.05) is 5.32 Å². The van der Waals surface area contributed by atoms with E-state index in [-0.39, 0.29) is 11.5 Å². The number of carbonyl (C=O) groups is 1. The van der Waals surface area contributed by atoms with Crippen molar-refractivity contribution in [1.82, 2.24) is 9.13 Å². The van der Waals surface area contributed by atoms with Crippen molar-refractivity contribution in [2.24, 2.45) is 7.05 Å². The first-order valence-corrected chi connectivity index (χ1v) is 8.11. The van der Waals surface area contributed by atoms with Crippen LogP contribution in [-0.4, -0.2) is 15.0 Å². The molecule has 0 fully saturated rings. The Kier molecular flexibility index (Phi) is 4.51. The van der Waals surface area contributed by atoms with Crippen LogP contribution < -0.4 is 10.9 Å². The van der Waals surface area contributed by atoms with E-state index in [1.165, 1.54) is 22.5 Å². The highest BCUT2D eigenvalue weighted by molar-refractivity contribution is 5.91. The SMILES string of the molecule is CCn1cc(NC(=O)CCc2cn(C)c3ccccc23)ccc1=O. The maximum Gasteiger partial charge on any atom is 0.250 e. The number of amides is 1. The molecule has 0 bridgehead atoms. The fraction of sp³-hybridized carbons (Fsp3) is 0.263. The maximum absolute atomic E-state index is 12.2. The van der Waals surface area contributed by atoms with Crippen LogP contribution in [0, 0.1) is 0 Å². The van der Waals surface area contributed by atoms with Crippen molar-refractivity contribution in [3.05, 3.63) is 64.7 Å². The Balaban J connectivity index is 1.68. The first-order chi connectivity index (χ1) is 11.6. The van der Waals surface area contributed by atoms with Crippen LogP contribution in [0.25, 0.3) is 10.9 Å². The van der Waals surface area contributed by atoms with Gasteiger partial charge in [0, 0.05) is 49.4 Å². The second-order valence-electron chi connectivity index (χ2n) is 5.87. The number of aromatic nitrogens is 2. The molecule has 0 radical (unpaired) electrons. The Morgan fingerprint density at radius 2 is 1.92 bits per heavy atom. The van der Waals surface area contributed by atoms with Crippen LogP contribution in [0.5, 0.6) is 0 Å². The summed E-state index contributed by atoms with van der Waals surface area (Å²) < 4.78 is 3.65. The Morgan fingerprint density at radius 1 is 1.12 bits per heavy atom. The molecule has 0 unspecified atom stereocenters. The molecule has 1 aromatic carbocycles. The molecule has 0 aliphatic rings. The van der Waals surface area contributed by atoms with E-state index in [0.29, 0.717) is 25.1 Å². The standard InChI is InChI=1S/C19H21N3O2/c1-3-22-13-15(9-11-19(22)24)20-18(23)10-8-14-12-21(2)17-7-5-4-6-16(14)17/h4-7,9,11-13H,3,8,10H2,1-2H3,(H,20,23). The largest absolute Gasteiger partial charge is 0.350 e. The summed E-state index contributed by atoms with van der Waals surface area (Å²) in [5, 5.41) is 4.05. The van der Waals surface area contributed by atoms with E-state index in [9.17, 15) is 9.59 Å². The molecular weight excluding hydrogens is 302 g/mol. The summed E-state index contributed by atoms with van der Waals surface area (Å²) in [6.45, 7) is 2.48. The normalized spacial score (nSPS) is 10.9. The summed E-state index contributed by atoms with van der Waals surface area (Å²) in [5.41, 5.74) is 2.93. The Bertz CT molecular complexity index is 937. The monoisotopic (exact) mass is 323 g/mol. The topological polar surface area (TPSA) is 56.0 Å². The van der Waals surface area contributed by atoms with Crippen LogP contribution in [0.1, 0.15) is 18.9 Å². The molecule has 1 N–H and O–H groups in total. The second kappa shape index (κ2) is 6.74. The van der Waals surface area contributed by atoms with Gasteiger partial charge in [-0.3, -0.25) is 9.59 Å². The number of benzene rings is 1. The molecule has 1 amide bonds. The van der Waals surface area contributed by atoms with Crippen molar-refractivity contribution in [3.8, 4) is 0 Å². The highest BCUT2D eigenvalue weighted by Gasteiger charge is 2.09. The van der Waals surface area contributed by atoms with E-state index in [2.05, 4.69) is 28.2 Å². The molecule has 5 heteroatoms. The van der Waals surface area contributed by atoms with E-state index in [0.717, 1.165) is 0 Å². The molecule has 0 saturated heterocycles. The molecule has 0 atom stereocenters. The lowest BCUT2D eigenvalue weighted by molar-refractivity contribution is -0.116. The van der Waals surface area contributed by atoms with E-state index in [1.54, 1.807) is 16.8 Å². The van der Waals surface area contributed by atoms with E-state index in [1.807, 2.05) is 26.1 Å². The summed E-state index contributed by atoms with van der Waals surface area (Å²) in [4.78, 5) is 23.8.